The van der Waals surface area contributed by atoms with Crippen LogP contribution in [0.5, 0.6) is 0 Å². The Morgan fingerprint density at radius 2 is 2.07 bits per heavy atom. The summed E-state index contributed by atoms with van der Waals surface area (Å²) in [7, 11) is 0. The Morgan fingerprint density at radius 3 is 2.93 bits per heavy atom. The van der Waals surface area contributed by atoms with E-state index in [-0.39, 0.29) is 5.91 Å². The lowest BCUT2D eigenvalue weighted by molar-refractivity contribution is -0.117. The lowest BCUT2D eigenvalue weighted by atomic mass is 9.99. The molecular weight excluding hydrogens is 401 g/mol. The summed E-state index contributed by atoms with van der Waals surface area (Å²) < 4.78 is 1.22. The molecule has 2 heterocycles. The van der Waals surface area contributed by atoms with E-state index in [0.29, 0.717) is 28.2 Å². The molecule has 0 spiro atoms. The normalized spacial score (nSPS) is 17.9. The fourth-order valence-corrected chi connectivity index (χ4v) is 4.90. The van der Waals surface area contributed by atoms with Crippen LogP contribution in [0.15, 0.2) is 42.5 Å². The molecule has 4 rings (SSSR count). The van der Waals surface area contributed by atoms with Crippen LogP contribution < -0.4 is 5.32 Å². The van der Waals surface area contributed by atoms with E-state index < -0.39 is 0 Å². The fourth-order valence-electron chi connectivity index (χ4n) is 3.46. The zero-order chi connectivity index (χ0) is 18.8. The number of anilines is 1. The quantitative estimate of drug-likeness (QED) is 0.613. The van der Waals surface area contributed by atoms with E-state index in [0.717, 1.165) is 31.4 Å². The minimum atomic E-state index is -0.0795. The van der Waals surface area contributed by atoms with E-state index in [1.54, 1.807) is 29.5 Å². The van der Waals surface area contributed by atoms with Crippen LogP contribution in [-0.4, -0.2) is 35.4 Å². The van der Waals surface area contributed by atoms with Crippen molar-refractivity contribution in [3.05, 3.63) is 57.5 Å². The third kappa shape index (κ3) is 4.27. The van der Waals surface area contributed by atoms with E-state index in [4.69, 9.17) is 28.2 Å². The van der Waals surface area contributed by atoms with Gasteiger partial charge in [-0.2, -0.15) is 0 Å². The minimum absolute atomic E-state index is 0.0795. The van der Waals surface area contributed by atoms with Crippen LogP contribution >= 0.6 is 34.5 Å². The van der Waals surface area contributed by atoms with Crippen molar-refractivity contribution in [2.24, 2.45) is 0 Å². The highest BCUT2D eigenvalue weighted by atomic mass is 35.5. The van der Waals surface area contributed by atoms with Crippen LogP contribution in [0.2, 0.25) is 10.0 Å². The molecule has 4 nitrogen and oxygen atoms in total. The molecule has 0 aliphatic carbocycles. The summed E-state index contributed by atoms with van der Waals surface area (Å²) in [6.45, 7) is 2.10. The smallest absolute Gasteiger partial charge is 0.238 e. The minimum Gasteiger partial charge on any atom is -0.324 e. The molecule has 0 unspecified atom stereocenters. The van der Waals surface area contributed by atoms with Gasteiger partial charge in [0.05, 0.1) is 37.5 Å². The third-order valence-electron chi connectivity index (χ3n) is 4.76. The largest absolute Gasteiger partial charge is 0.324 e. The number of amides is 1. The molecule has 0 bridgehead atoms. The predicted molar refractivity (Wildman–Crippen MR) is 113 cm³/mol. The van der Waals surface area contributed by atoms with Gasteiger partial charge in [-0.15, -0.1) is 11.3 Å². The maximum absolute atomic E-state index is 12.5. The van der Waals surface area contributed by atoms with E-state index >= 15 is 0 Å². The second-order valence-electron chi connectivity index (χ2n) is 6.74. The summed E-state index contributed by atoms with van der Waals surface area (Å²) >= 11 is 13.9. The van der Waals surface area contributed by atoms with Crippen molar-refractivity contribution in [3.63, 3.8) is 0 Å². The van der Waals surface area contributed by atoms with Crippen LogP contribution in [0.1, 0.15) is 23.8 Å². The molecule has 1 atom stereocenters. The number of fused-ring (bicyclic) bond motifs is 1. The Balaban J connectivity index is 1.40. The topological polar surface area (TPSA) is 45.2 Å². The molecule has 1 amide bonds. The maximum Gasteiger partial charge on any atom is 0.238 e. The number of hydrogen-bond donors (Lipinski definition) is 1. The molecule has 1 N–H and O–H groups in total. The van der Waals surface area contributed by atoms with Gasteiger partial charge in [-0.25, -0.2) is 4.98 Å². The number of benzene rings is 2. The first-order chi connectivity index (χ1) is 13.1. The second-order valence-corrected chi connectivity index (χ2v) is 8.59. The predicted octanol–water partition coefficient (Wildman–Crippen LogP) is 5.42. The molecule has 140 valence electrons. The van der Waals surface area contributed by atoms with E-state index in [1.165, 1.54) is 9.71 Å². The Morgan fingerprint density at radius 1 is 1.22 bits per heavy atom. The van der Waals surface area contributed by atoms with Gasteiger partial charge in [0.15, 0.2) is 0 Å². The van der Waals surface area contributed by atoms with Gasteiger partial charge in [0.25, 0.3) is 0 Å². The lowest BCUT2D eigenvalue weighted by Gasteiger charge is -2.31. The molecule has 0 saturated carbocycles. The van der Waals surface area contributed by atoms with Crippen LogP contribution in [0.4, 0.5) is 5.69 Å². The first-order valence-electron chi connectivity index (χ1n) is 8.92. The molecule has 27 heavy (non-hydrogen) atoms. The number of hydrogen-bond acceptors (Lipinski definition) is 4. The van der Waals surface area contributed by atoms with Gasteiger partial charge in [0.1, 0.15) is 0 Å². The number of piperidine rings is 1. The maximum atomic E-state index is 12.5. The molecule has 3 aromatic rings. The summed E-state index contributed by atoms with van der Waals surface area (Å²) in [5.74, 6) is 0.294. The van der Waals surface area contributed by atoms with Gasteiger partial charge in [-0.3, -0.25) is 9.69 Å². The Bertz CT molecular complexity index is 942. The van der Waals surface area contributed by atoms with Gasteiger partial charge in [0.2, 0.25) is 5.91 Å². The molecule has 2 aromatic carbocycles. The number of carbonyl (C=O) groups is 1. The summed E-state index contributed by atoms with van der Waals surface area (Å²) in [4.78, 5) is 19.4. The average molecular weight is 420 g/mol. The molecular formula is C20H19Cl2N3OS. The van der Waals surface area contributed by atoms with Crippen molar-refractivity contribution in [3.8, 4) is 0 Å². The monoisotopic (exact) mass is 419 g/mol. The molecule has 1 fully saturated rings. The van der Waals surface area contributed by atoms with Gasteiger partial charge in [0, 0.05) is 12.5 Å². The van der Waals surface area contributed by atoms with Gasteiger partial charge < -0.3 is 5.32 Å². The Kier molecular flexibility index (Phi) is 5.64. The van der Waals surface area contributed by atoms with Crippen LogP contribution in [0.25, 0.3) is 10.2 Å². The van der Waals surface area contributed by atoms with Crippen molar-refractivity contribution in [2.45, 2.75) is 18.8 Å². The van der Waals surface area contributed by atoms with Crippen LogP contribution in [0, 0.1) is 0 Å². The number of thiazole rings is 1. The van der Waals surface area contributed by atoms with Crippen molar-refractivity contribution in [2.75, 3.05) is 25.0 Å². The highest BCUT2D eigenvalue weighted by molar-refractivity contribution is 7.18. The number of likely N-dealkylation sites (tertiary alicyclic amines) is 1. The Labute approximate surface area is 172 Å². The molecule has 1 saturated heterocycles. The number of carbonyl (C=O) groups excluding carboxylic acids is 1. The first-order valence-corrected chi connectivity index (χ1v) is 10.5. The van der Waals surface area contributed by atoms with Crippen LogP contribution in [0.3, 0.4) is 0 Å². The zero-order valence-corrected chi connectivity index (χ0v) is 16.9. The van der Waals surface area contributed by atoms with E-state index in [1.807, 2.05) is 12.1 Å². The summed E-state index contributed by atoms with van der Waals surface area (Å²) in [5, 5.41) is 4.84. The summed E-state index contributed by atoms with van der Waals surface area (Å²) in [6.07, 6.45) is 2.17. The standard InChI is InChI=1S/C20H19Cl2N3OS/c21-14-6-3-8-16(19(14)22)23-18(26)12-25-10-4-5-13(11-25)20-24-15-7-1-2-9-17(15)27-20/h1-3,6-9,13H,4-5,10-12H2,(H,23,26)/t13-/m1/s1. The molecule has 7 heteroatoms. The lowest BCUT2D eigenvalue weighted by Crippen LogP contribution is -2.39. The highest BCUT2D eigenvalue weighted by Gasteiger charge is 2.25. The molecule has 1 aliphatic rings. The van der Waals surface area contributed by atoms with Crippen molar-refractivity contribution < 1.29 is 4.79 Å². The third-order valence-corrected chi connectivity index (χ3v) is 6.78. The SMILES string of the molecule is O=C(CN1CCC[C@@H](c2nc3ccccc3s2)C1)Nc1cccc(Cl)c1Cl. The summed E-state index contributed by atoms with van der Waals surface area (Å²) in [5.41, 5.74) is 1.61. The number of halogens is 2. The molecule has 1 aromatic heterocycles. The van der Waals surface area contributed by atoms with Gasteiger partial charge >= 0.3 is 0 Å². The van der Waals surface area contributed by atoms with Gasteiger partial charge in [-0.1, -0.05) is 41.4 Å². The number of nitrogens with one attached hydrogen (secondary N) is 1. The van der Waals surface area contributed by atoms with Crippen molar-refractivity contribution >= 4 is 56.3 Å². The first kappa shape index (κ1) is 18.7. The summed E-state index contributed by atoms with van der Waals surface area (Å²) in [6, 6.07) is 13.5. The molecule has 0 radical (unpaired) electrons. The zero-order valence-electron chi connectivity index (χ0n) is 14.6. The Hall–Kier alpha value is -1.66. The van der Waals surface area contributed by atoms with E-state index in [9.17, 15) is 4.79 Å². The average Bonchev–Trinajstić information content (AvgIpc) is 3.10. The second kappa shape index (κ2) is 8.15. The number of aromatic nitrogens is 1. The molecule has 1 aliphatic heterocycles. The van der Waals surface area contributed by atoms with Crippen LogP contribution in [-0.2, 0) is 4.79 Å². The number of rotatable bonds is 4. The number of nitrogens with zero attached hydrogens (tertiary/aromatic N) is 2. The van der Waals surface area contributed by atoms with Crippen molar-refractivity contribution in [1.29, 1.82) is 0 Å². The van der Waals surface area contributed by atoms with E-state index in [2.05, 4.69) is 22.3 Å². The highest BCUT2D eigenvalue weighted by Crippen LogP contribution is 2.33. The number of para-hydroxylation sites is 1. The van der Waals surface area contributed by atoms with Crippen molar-refractivity contribution in [1.82, 2.24) is 9.88 Å². The van der Waals surface area contributed by atoms with Gasteiger partial charge in [-0.05, 0) is 43.7 Å². The fraction of sp³-hybridized carbons (Fsp3) is 0.300.